The maximum absolute atomic E-state index is 11.7. The summed E-state index contributed by atoms with van der Waals surface area (Å²) in [6.45, 7) is 0. The molecule has 0 saturated carbocycles. The monoisotopic (exact) mass is 380 g/mol. The lowest BCUT2D eigenvalue weighted by Gasteiger charge is -2.08. The van der Waals surface area contributed by atoms with E-state index < -0.39 is 12.0 Å². The minimum atomic E-state index is -1.03. The van der Waals surface area contributed by atoms with Crippen LogP contribution in [0.15, 0.2) is 22.7 Å². The highest BCUT2D eigenvalue weighted by molar-refractivity contribution is 9.10. The minimum Gasteiger partial charge on any atom is -0.480 e. The summed E-state index contributed by atoms with van der Waals surface area (Å²) in [4.78, 5) is 22.2. The molecule has 0 aliphatic heterocycles. The molecule has 5 nitrogen and oxygen atoms in total. The number of carboxylic acid groups (broad SMARTS) is 1. The molecule has 1 rings (SSSR count). The Morgan fingerprint density at radius 1 is 1.50 bits per heavy atom. The molecule has 8 heteroatoms. The van der Waals surface area contributed by atoms with Crippen molar-refractivity contribution in [2.75, 3.05) is 16.8 Å². The van der Waals surface area contributed by atoms with Gasteiger partial charge in [-0.2, -0.15) is 11.8 Å². The molecule has 110 valence electrons. The number of halogens is 2. The van der Waals surface area contributed by atoms with E-state index in [4.69, 9.17) is 22.4 Å². The number of carbonyl (C=O) groups excluding carboxylic acids is 1. The van der Waals surface area contributed by atoms with Crippen LogP contribution in [0.25, 0.3) is 0 Å². The number of amides is 1. The van der Waals surface area contributed by atoms with E-state index in [1.165, 1.54) is 11.8 Å². The highest BCUT2D eigenvalue weighted by Crippen LogP contribution is 2.25. The summed E-state index contributed by atoms with van der Waals surface area (Å²) in [5.74, 6) is -0.493. The number of hydrogen-bond acceptors (Lipinski definition) is 4. The second-order valence-corrected chi connectivity index (χ2v) is 6.39. The minimum absolute atomic E-state index is 0.192. The van der Waals surface area contributed by atoms with E-state index in [0.29, 0.717) is 22.9 Å². The summed E-state index contributed by atoms with van der Waals surface area (Å²) in [6.07, 6.45) is 0.326. The van der Waals surface area contributed by atoms with Gasteiger partial charge in [0.2, 0.25) is 5.91 Å². The van der Waals surface area contributed by atoms with Gasteiger partial charge in [-0.25, -0.2) is 0 Å². The molecule has 0 radical (unpaired) electrons. The lowest BCUT2D eigenvalue weighted by Crippen LogP contribution is -2.30. The summed E-state index contributed by atoms with van der Waals surface area (Å²) in [7, 11) is 0. The Labute approximate surface area is 134 Å². The average Bonchev–Trinajstić information content (AvgIpc) is 2.37. The number of carbonyl (C=O) groups is 2. The Kier molecular flexibility index (Phi) is 7.36. The third-order valence-corrected chi connectivity index (χ3v) is 4.13. The molecule has 1 aromatic rings. The van der Waals surface area contributed by atoms with Crippen molar-refractivity contribution < 1.29 is 14.7 Å². The summed E-state index contributed by atoms with van der Waals surface area (Å²) in [6, 6.07) is 4.29. The molecule has 4 N–H and O–H groups in total. The summed E-state index contributed by atoms with van der Waals surface area (Å²) in [5.41, 5.74) is 5.90. The Bertz CT molecular complexity index is 502. The number of carboxylic acids is 1. The number of hydrogen-bond donors (Lipinski definition) is 3. The van der Waals surface area contributed by atoms with Gasteiger partial charge in [-0.05, 0) is 30.4 Å². The SMILES string of the molecule is NC(CCSCC(=O)Nc1ccc(Br)cc1Cl)C(=O)O. The van der Waals surface area contributed by atoms with Crippen molar-refractivity contribution in [1.82, 2.24) is 0 Å². The Balaban J connectivity index is 2.32. The van der Waals surface area contributed by atoms with Crippen LogP contribution >= 0.6 is 39.3 Å². The first kappa shape index (κ1) is 17.3. The molecule has 1 amide bonds. The fourth-order valence-electron chi connectivity index (χ4n) is 1.28. The topological polar surface area (TPSA) is 92.4 Å². The molecule has 1 atom stereocenters. The van der Waals surface area contributed by atoms with Crippen LogP contribution in [0.2, 0.25) is 5.02 Å². The van der Waals surface area contributed by atoms with Crippen molar-refractivity contribution in [3.05, 3.63) is 27.7 Å². The molecule has 0 spiro atoms. The number of rotatable bonds is 7. The maximum atomic E-state index is 11.7. The number of anilines is 1. The van der Waals surface area contributed by atoms with Gasteiger partial charge >= 0.3 is 5.97 Å². The average molecular weight is 382 g/mol. The quantitative estimate of drug-likeness (QED) is 0.631. The highest BCUT2D eigenvalue weighted by atomic mass is 79.9. The van der Waals surface area contributed by atoms with Gasteiger partial charge in [0.15, 0.2) is 0 Å². The third kappa shape index (κ3) is 6.13. The number of benzene rings is 1. The van der Waals surface area contributed by atoms with Gasteiger partial charge in [-0.3, -0.25) is 9.59 Å². The van der Waals surface area contributed by atoms with E-state index in [1.807, 2.05) is 0 Å². The number of aliphatic carboxylic acids is 1. The van der Waals surface area contributed by atoms with Crippen LogP contribution in [-0.4, -0.2) is 34.5 Å². The zero-order valence-corrected chi connectivity index (χ0v) is 13.6. The van der Waals surface area contributed by atoms with Crippen molar-refractivity contribution >= 4 is 56.9 Å². The molecule has 0 saturated heterocycles. The van der Waals surface area contributed by atoms with Crippen LogP contribution in [0.5, 0.6) is 0 Å². The smallest absolute Gasteiger partial charge is 0.320 e. The van der Waals surface area contributed by atoms with Gasteiger partial charge < -0.3 is 16.2 Å². The zero-order chi connectivity index (χ0) is 15.1. The molecule has 1 unspecified atom stereocenters. The summed E-state index contributed by atoms with van der Waals surface area (Å²) < 4.78 is 0.831. The lowest BCUT2D eigenvalue weighted by atomic mass is 10.2. The second kappa shape index (κ2) is 8.51. The number of nitrogens with one attached hydrogen (secondary N) is 1. The Morgan fingerprint density at radius 3 is 2.80 bits per heavy atom. The van der Waals surface area contributed by atoms with E-state index in [9.17, 15) is 9.59 Å². The molecule has 20 heavy (non-hydrogen) atoms. The van der Waals surface area contributed by atoms with Crippen molar-refractivity contribution in [3.63, 3.8) is 0 Å². The molecule has 0 aliphatic rings. The van der Waals surface area contributed by atoms with E-state index in [1.54, 1.807) is 18.2 Å². The molecule has 0 heterocycles. The Morgan fingerprint density at radius 2 is 2.20 bits per heavy atom. The molecule has 1 aromatic carbocycles. The second-order valence-electron chi connectivity index (χ2n) is 3.96. The van der Waals surface area contributed by atoms with Gasteiger partial charge in [0.05, 0.1) is 16.5 Å². The summed E-state index contributed by atoms with van der Waals surface area (Å²) >= 11 is 10.6. The maximum Gasteiger partial charge on any atom is 0.320 e. The first-order chi connectivity index (χ1) is 9.40. The van der Waals surface area contributed by atoms with Gasteiger partial charge in [-0.15, -0.1) is 0 Å². The Hall–Kier alpha value is -0.760. The molecule has 0 aliphatic carbocycles. The van der Waals surface area contributed by atoms with Crippen LogP contribution in [0.4, 0.5) is 5.69 Å². The van der Waals surface area contributed by atoms with Gasteiger partial charge in [0.25, 0.3) is 0 Å². The normalized spacial score (nSPS) is 11.9. The molecule has 0 aromatic heterocycles. The third-order valence-electron chi connectivity index (χ3n) is 2.33. The lowest BCUT2D eigenvalue weighted by molar-refractivity contribution is -0.138. The molecule has 0 bridgehead atoms. The summed E-state index contributed by atoms with van der Waals surface area (Å²) in [5, 5.41) is 11.7. The van der Waals surface area contributed by atoms with Gasteiger partial charge in [0.1, 0.15) is 6.04 Å². The molecular formula is C12H14BrClN2O3S. The van der Waals surface area contributed by atoms with Crippen molar-refractivity contribution in [2.45, 2.75) is 12.5 Å². The van der Waals surface area contributed by atoms with Crippen molar-refractivity contribution in [3.8, 4) is 0 Å². The fourth-order valence-corrected chi connectivity index (χ4v) is 2.82. The van der Waals surface area contributed by atoms with Crippen LogP contribution in [-0.2, 0) is 9.59 Å². The van der Waals surface area contributed by atoms with Crippen LogP contribution < -0.4 is 11.1 Å². The van der Waals surface area contributed by atoms with E-state index >= 15 is 0 Å². The van der Waals surface area contributed by atoms with Crippen molar-refractivity contribution in [1.29, 1.82) is 0 Å². The molecular weight excluding hydrogens is 368 g/mol. The predicted octanol–water partition coefficient (Wildman–Crippen LogP) is 2.58. The molecule has 0 fully saturated rings. The standard InChI is InChI=1S/C12H14BrClN2O3S/c13-7-1-2-10(8(14)5-7)16-11(17)6-20-4-3-9(15)12(18)19/h1-2,5,9H,3-4,6,15H2,(H,16,17)(H,18,19). The van der Waals surface area contributed by atoms with Crippen LogP contribution in [0.3, 0.4) is 0 Å². The number of nitrogens with two attached hydrogens (primary N) is 1. The van der Waals surface area contributed by atoms with Gasteiger partial charge in [-0.1, -0.05) is 27.5 Å². The predicted molar refractivity (Wildman–Crippen MR) is 85.3 cm³/mol. The first-order valence-corrected chi connectivity index (χ1v) is 8.03. The largest absolute Gasteiger partial charge is 0.480 e. The fraction of sp³-hybridized carbons (Fsp3) is 0.333. The first-order valence-electron chi connectivity index (χ1n) is 5.71. The van der Waals surface area contributed by atoms with E-state index in [0.717, 1.165) is 4.47 Å². The van der Waals surface area contributed by atoms with Crippen LogP contribution in [0, 0.1) is 0 Å². The highest BCUT2D eigenvalue weighted by Gasteiger charge is 2.11. The van der Waals surface area contributed by atoms with E-state index in [-0.39, 0.29) is 11.7 Å². The number of thioether (sulfide) groups is 1. The van der Waals surface area contributed by atoms with Gasteiger partial charge in [0, 0.05) is 4.47 Å². The zero-order valence-electron chi connectivity index (χ0n) is 10.4. The van der Waals surface area contributed by atoms with Crippen LogP contribution in [0.1, 0.15) is 6.42 Å². The van der Waals surface area contributed by atoms with E-state index in [2.05, 4.69) is 21.2 Å². The van der Waals surface area contributed by atoms with Crippen molar-refractivity contribution in [2.24, 2.45) is 5.73 Å².